The van der Waals surface area contributed by atoms with Crippen LogP contribution in [0.25, 0.3) is 10.9 Å². The van der Waals surface area contributed by atoms with Gasteiger partial charge in [-0.05, 0) is 18.2 Å². The third kappa shape index (κ3) is 3.06. The highest BCUT2D eigenvalue weighted by atomic mass is 16.5. The highest BCUT2D eigenvalue weighted by molar-refractivity contribution is 5.79. The first-order valence-corrected chi connectivity index (χ1v) is 6.39. The average molecular weight is 282 g/mol. The summed E-state index contributed by atoms with van der Waals surface area (Å²) in [6.45, 7) is 0.278. The molecule has 3 aromatic rings. The zero-order valence-electron chi connectivity index (χ0n) is 11.5. The number of aromatic nitrogens is 3. The SMILES string of the molecule is COCc1nc(N)cc(Oc2ccc3cccnc3c2)n1. The van der Waals surface area contributed by atoms with Crippen LogP contribution in [0.5, 0.6) is 11.6 Å². The van der Waals surface area contributed by atoms with Gasteiger partial charge in [0.2, 0.25) is 5.88 Å². The molecule has 0 amide bonds. The lowest BCUT2D eigenvalue weighted by atomic mass is 10.2. The number of hydrogen-bond acceptors (Lipinski definition) is 6. The minimum Gasteiger partial charge on any atom is -0.439 e. The first kappa shape index (κ1) is 13.3. The summed E-state index contributed by atoms with van der Waals surface area (Å²) >= 11 is 0. The van der Waals surface area contributed by atoms with Crippen LogP contribution < -0.4 is 10.5 Å². The van der Waals surface area contributed by atoms with Crippen LogP contribution in [-0.2, 0) is 11.3 Å². The number of nitrogens with zero attached hydrogens (tertiary/aromatic N) is 3. The summed E-state index contributed by atoms with van der Waals surface area (Å²) in [7, 11) is 1.57. The van der Waals surface area contributed by atoms with Crippen molar-refractivity contribution >= 4 is 16.7 Å². The summed E-state index contributed by atoms with van der Waals surface area (Å²) in [4.78, 5) is 12.6. The first-order chi connectivity index (χ1) is 10.2. The van der Waals surface area contributed by atoms with Crippen molar-refractivity contribution in [3.05, 3.63) is 48.4 Å². The number of pyridine rings is 1. The van der Waals surface area contributed by atoms with E-state index >= 15 is 0 Å². The molecule has 0 radical (unpaired) electrons. The van der Waals surface area contributed by atoms with Gasteiger partial charge in [-0.1, -0.05) is 6.07 Å². The van der Waals surface area contributed by atoms with Gasteiger partial charge in [-0.25, -0.2) is 4.98 Å². The lowest BCUT2D eigenvalue weighted by Gasteiger charge is -2.08. The van der Waals surface area contributed by atoms with Crippen LogP contribution in [0.3, 0.4) is 0 Å². The van der Waals surface area contributed by atoms with Crippen molar-refractivity contribution in [3.63, 3.8) is 0 Å². The van der Waals surface area contributed by atoms with E-state index in [0.717, 1.165) is 10.9 Å². The Morgan fingerprint density at radius 3 is 2.90 bits per heavy atom. The molecule has 0 spiro atoms. The van der Waals surface area contributed by atoms with Gasteiger partial charge in [0.15, 0.2) is 5.82 Å². The van der Waals surface area contributed by atoms with Gasteiger partial charge in [0.05, 0.1) is 5.52 Å². The second kappa shape index (κ2) is 5.72. The Morgan fingerprint density at radius 1 is 1.14 bits per heavy atom. The minimum absolute atomic E-state index is 0.278. The van der Waals surface area contributed by atoms with Crippen LogP contribution in [0.2, 0.25) is 0 Å². The monoisotopic (exact) mass is 282 g/mol. The van der Waals surface area contributed by atoms with Gasteiger partial charge >= 0.3 is 0 Å². The zero-order chi connectivity index (χ0) is 14.7. The summed E-state index contributed by atoms with van der Waals surface area (Å²) in [5, 5.41) is 1.05. The second-order valence-corrected chi connectivity index (χ2v) is 4.44. The van der Waals surface area contributed by atoms with Crippen molar-refractivity contribution in [2.24, 2.45) is 0 Å². The van der Waals surface area contributed by atoms with E-state index in [9.17, 15) is 0 Å². The van der Waals surface area contributed by atoms with Gasteiger partial charge in [0.25, 0.3) is 0 Å². The molecule has 0 aliphatic carbocycles. The molecule has 0 aliphatic heterocycles. The molecule has 0 fully saturated rings. The molecular weight excluding hydrogens is 268 g/mol. The summed E-state index contributed by atoms with van der Waals surface area (Å²) in [5.41, 5.74) is 6.59. The Labute approximate surface area is 121 Å². The molecule has 0 bridgehead atoms. The number of benzene rings is 1. The fourth-order valence-electron chi connectivity index (χ4n) is 1.97. The largest absolute Gasteiger partial charge is 0.439 e. The van der Waals surface area contributed by atoms with Crippen LogP contribution >= 0.6 is 0 Å². The van der Waals surface area contributed by atoms with Crippen LogP contribution in [0, 0.1) is 0 Å². The zero-order valence-corrected chi connectivity index (χ0v) is 11.5. The van der Waals surface area contributed by atoms with Gasteiger partial charge in [-0.2, -0.15) is 4.98 Å². The number of nitrogens with two attached hydrogens (primary N) is 1. The molecule has 2 aromatic heterocycles. The maximum absolute atomic E-state index is 5.73. The van der Waals surface area contributed by atoms with Crippen molar-refractivity contribution in [2.75, 3.05) is 12.8 Å². The maximum atomic E-state index is 5.73. The number of ether oxygens (including phenoxy) is 2. The molecule has 6 nitrogen and oxygen atoms in total. The minimum atomic E-state index is 0.278. The highest BCUT2D eigenvalue weighted by Crippen LogP contribution is 2.24. The fourth-order valence-corrected chi connectivity index (χ4v) is 1.97. The summed E-state index contributed by atoms with van der Waals surface area (Å²) in [6.07, 6.45) is 1.74. The number of anilines is 1. The first-order valence-electron chi connectivity index (χ1n) is 6.39. The lowest BCUT2D eigenvalue weighted by Crippen LogP contribution is -2.02. The molecule has 2 N–H and O–H groups in total. The predicted molar refractivity (Wildman–Crippen MR) is 79.0 cm³/mol. The van der Waals surface area contributed by atoms with E-state index in [1.54, 1.807) is 19.4 Å². The topological polar surface area (TPSA) is 83.2 Å². The molecule has 0 atom stereocenters. The van der Waals surface area contributed by atoms with Crippen molar-refractivity contribution in [1.29, 1.82) is 0 Å². The summed E-state index contributed by atoms with van der Waals surface area (Å²) < 4.78 is 10.7. The molecule has 1 aromatic carbocycles. The molecule has 21 heavy (non-hydrogen) atoms. The van der Waals surface area contributed by atoms with E-state index in [-0.39, 0.29) is 6.61 Å². The van der Waals surface area contributed by atoms with Crippen molar-refractivity contribution in [3.8, 4) is 11.6 Å². The van der Waals surface area contributed by atoms with E-state index in [2.05, 4.69) is 15.0 Å². The van der Waals surface area contributed by atoms with E-state index in [4.69, 9.17) is 15.2 Å². The second-order valence-electron chi connectivity index (χ2n) is 4.44. The molecular formula is C15H14N4O2. The molecule has 0 unspecified atom stereocenters. The van der Waals surface area contributed by atoms with Crippen molar-refractivity contribution < 1.29 is 9.47 Å². The van der Waals surface area contributed by atoms with Gasteiger partial charge in [-0.15, -0.1) is 0 Å². The van der Waals surface area contributed by atoms with Gasteiger partial charge in [0.1, 0.15) is 18.2 Å². The Hall–Kier alpha value is -2.73. The Balaban J connectivity index is 1.90. The van der Waals surface area contributed by atoms with E-state index in [1.165, 1.54) is 0 Å². The number of fused-ring (bicyclic) bond motifs is 1. The summed E-state index contributed by atoms with van der Waals surface area (Å²) in [5.74, 6) is 1.84. The fraction of sp³-hybridized carbons (Fsp3) is 0.133. The Kier molecular flexibility index (Phi) is 3.61. The normalized spacial score (nSPS) is 10.7. The lowest BCUT2D eigenvalue weighted by molar-refractivity contribution is 0.177. The molecule has 3 rings (SSSR count). The Morgan fingerprint density at radius 2 is 2.05 bits per heavy atom. The predicted octanol–water partition coefficient (Wildman–Crippen LogP) is 2.55. The molecule has 0 saturated carbocycles. The Bertz CT molecular complexity index is 776. The highest BCUT2D eigenvalue weighted by Gasteiger charge is 2.06. The van der Waals surface area contributed by atoms with Crippen molar-refractivity contribution in [2.45, 2.75) is 6.61 Å². The number of methoxy groups -OCH3 is 1. The quantitative estimate of drug-likeness (QED) is 0.791. The maximum Gasteiger partial charge on any atom is 0.224 e. The molecule has 2 heterocycles. The van der Waals surface area contributed by atoms with Crippen LogP contribution in [-0.4, -0.2) is 22.1 Å². The van der Waals surface area contributed by atoms with Crippen LogP contribution in [0.1, 0.15) is 5.82 Å². The van der Waals surface area contributed by atoms with Gasteiger partial charge in [-0.3, -0.25) is 4.98 Å². The molecule has 106 valence electrons. The third-order valence-corrected chi connectivity index (χ3v) is 2.84. The smallest absolute Gasteiger partial charge is 0.224 e. The van der Waals surface area contributed by atoms with E-state index in [0.29, 0.717) is 23.3 Å². The van der Waals surface area contributed by atoms with Gasteiger partial charge in [0, 0.05) is 30.8 Å². The van der Waals surface area contributed by atoms with E-state index in [1.807, 2.05) is 30.3 Å². The third-order valence-electron chi connectivity index (χ3n) is 2.84. The average Bonchev–Trinajstić information content (AvgIpc) is 2.47. The molecule has 0 aliphatic rings. The summed E-state index contributed by atoms with van der Waals surface area (Å²) in [6, 6.07) is 11.1. The van der Waals surface area contributed by atoms with Crippen LogP contribution in [0.15, 0.2) is 42.6 Å². The molecule has 6 heteroatoms. The van der Waals surface area contributed by atoms with Gasteiger partial charge < -0.3 is 15.2 Å². The number of rotatable bonds is 4. The van der Waals surface area contributed by atoms with Crippen molar-refractivity contribution in [1.82, 2.24) is 15.0 Å². The number of nitrogen functional groups attached to an aromatic ring is 1. The molecule has 0 saturated heterocycles. The standard InChI is InChI=1S/C15H14N4O2/c1-20-9-14-18-13(16)8-15(19-14)21-11-5-4-10-3-2-6-17-12(10)7-11/h2-8H,9H2,1H3,(H2,16,18,19). The van der Waals surface area contributed by atoms with Crippen LogP contribution in [0.4, 0.5) is 5.82 Å². The van der Waals surface area contributed by atoms with E-state index < -0.39 is 0 Å². The number of hydrogen-bond donors (Lipinski definition) is 1.